The van der Waals surface area contributed by atoms with Crippen LogP contribution in [0.5, 0.6) is 0 Å². The van der Waals surface area contributed by atoms with Crippen molar-refractivity contribution in [3.63, 3.8) is 0 Å². The van der Waals surface area contributed by atoms with Gasteiger partial charge in [0, 0.05) is 32.7 Å². The van der Waals surface area contributed by atoms with E-state index in [0.29, 0.717) is 19.5 Å². The molecule has 0 spiro atoms. The molecule has 128 valence electrons. The summed E-state index contributed by atoms with van der Waals surface area (Å²) in [4.78, 5) is 28.9. The maximum Gasteiger partial charge on any atom is 0.312 e. The van der Waals surface area contributed by atoms with Crippen molar-refractivity contribution in [2.45, 2.75) is 12.5 Å². The number of likely N-dealkylation sites (N-methyl/N-ethyl adjacent to an activating group) is 2. The minimum absolute atomic E-state index is 0.0457. The number of carbonyl (C=O) groups is 2. The van der Waals surface area contributed by atoms with Crippen molar-refractivity contribution in [3.05, 3.63) is 0 Å². The monoisotopic (exact) mass is 335 g/mol. The van der Waals surface area contributed by atoms with E-state index in [-0.39, 0.29) is 24.7 Å². The van der Waals surface area contributed by atoms with Crippen LogP contribution in [0, 0.1) is 0 Å². The molecule has 0 saturated carbocycles. The van der Waals surface area contributed by atoms with Gasteiger partial charge in [-0.15, -0.1) is 0 Å². The molecule has 0 aromatic rings. The number of hydrogen-bond acceptors (Lipinski definition) is 6. The summed E-state index contributed by atoms with van der Waals surface area (Å²) in [5.74, 6) is -1.48. The Morgan fingerprint density at radius 3 is 2.18 bits per heavy atom. The van der Waals surface area contributed by atoms with Crippen LogP contribution in [0.25, 0.3) is 0 Å². The molecule has 0 aliphatic carbocycles. The average molecular weight is 335 g/mol. The predicted molar refractivity (Wildman–Crippen MR) is 82.0 cm³/mol. The second kappa shape index (κ2) is 7.89. The number of sulfone groups is 1. The Bertz CT molecular complexity index is 506. The van der Waals surface area contributed by atoms with Gasteiger partial charge in [-0.1, -0.05) is 0 Å². The number of amides is 2. The Morgan fingerprint density at radius 1 is 1.09 bits per heavy atom. The summed E-state index contributed by atoms with van der Waals surface area (Å²) in [5, 5.41) is 8.86. The minimum Gasteiger partial charge on any atom is -0.395 e. The topological polar surface area (TPSA) is 98.2 Å². The average Bonchev–Trinajstić information content (AvgIpc) is 2.78. The molecule has 1 rings (SSSR count). The summed E-state index contributed by atoms with van der Waals surface area (Å²) >= 11 is 0. The molecule has 0 bridgehead atoms. The van der Waals surface area contributed by atoms with Gasteiger partial charge in [0.15, 0.2) is 9.84 Å². The number of aliphatic hydroxyl groups excluding tert-OH is 1. The van der Waals surface area contributed by atoms with Crippen molar-refractivity contribution < 1.29 is 23.1 Å². The first-order valence-corrected chi connectivity index (χ1v) is 9.02. The van der Waals surface area contributed by atoms with Crippen molar-refractivity contribution in [2.24, 2.45) is 0 Å². The Hall–Kier alpha value is -1.19. The standard InChI is InChI=1S/C13H25N3O5S/c1-14(2)5-6-16(11-4-9-22(20,21)10-11)13(19)12(18)15(3)7-8-17/h11,17H,4-10H2,1-3H3. The Labute approximate surface area is 131 Å². The smallest absolute Gasteiger partial charge is 0.312 e. The van der Waals surface area contributed by atoms with Crippen LogP contribution in [0.2, 0.25) is 0 Å². The van der Waals surface area contributed by atoms with Crippen molar-refractivity contribution >= 4 is 21.7 Å². The fraction of sp³-hybridized carbons (Fsp3) is 0.846. The molecule has 1 heterocycles. The Kier molecular flexibility index (Phi) is 6.76. The van der Waals surface area contributed by atoms with E-state index in [1.54, 1.807) is 0 Å². The van der Waals surface area contributed by atoms with Crippen LogP contribution in [-0.4, -0.2) is 105 Å². The molecule has 2 amide bonds. The van der Waals surface area contributed by atoms with Crippen molar-refractivity contribution in [1.29, 1.82) is 0 Å². The van der Waals surface area contributed by atoms with Gasteiger partial charge in [0.05, 0.1) is 18.1 Å². The van der Waals surface area contributed by atoms with Gasteiger partial charge < -0.3 is 19.8 Å². The molecule has 1 aliphatic heterocycles. The normalized spacial score (nSPS) is 20.1. The highest BCUT2D eigenvalue weighted by molar-refractivity contribution is 7.91. The highest BCUT2D eigenvalue weighted by Crippen LogP contribution is 2.18. The molecular weight excluding hydrogens is 310 g/mol. The van der Waals surface area contributed by atoms with Gasteiger partial charge in [-0.3, -0.25) is 9.59 Å². The minimum atomic E-state index is -3.14. The van der Waals surface area contributed by atoms with E-state index in [1.165, 1.54) is 11.9 Å². The van der Waals surface area contributed by atoms with Gasteiger partial charge in [-0.25, -0.2) is 8.42 Å². The molecule has 1 atom stereocenters. The zero-order valence-corrected chi connectivity index (χ0v) is 14.2. The van der Waals surface area contributed by atoms with Crippen LogP contribution in [0.3, 0.4) is 0 Å². The molecule has 22 heavy (non-hydrogen) atoms. The van der Waals surface area contributed by atoms with Crippen molar-refractivity contribution in [1.82, 2.24) is 14.7 Å². The second-order valence-electron chi connectivity index (χ2n) is 5.81. The van der Waals surface area contributed by atoms with Gasteiger partial charge in [-0.2, -0.15) is 0 Å². The summed E-state index contributed by atoms with van der Waals surface area (Å²) < 4.78 is 23.3. The molecule has 0 radical (unpaired) electrons. The third-order valence-corrected chi connectivity index (χ3v) is 5.41. The number of nitrogens with zero attached hydrogens (tertiary/aromatic N) is 3. The van der Waals surface area contributed by atoms with E-state index >= 15 is 0 Å². The van der Waals surface area contributed by atoms with E-state index in [0.717, 1.165) is 4.90 Å². The lowest BCUT2D eigenvalue weighted by molar-refractivity contribution is -0.152. The Balaban J connectivity index is 2.85. The highest BCUT2D eigenvalue weighted by Gasteiger charge is 2.37. The first kappa shape index (κ1) is 18.9. The van der Waals surface area contributed by atoms with Gasteiger partial charge in [-0.05, 0) is 20.5 Å². The maximum atomic E-state index is 12.4. The third-order valence-electron chi connectivity index (χ3n) is 3.66. The fourth-order valence-corrected chi connectivity index (χ4v) is 4.05. The van der Waals surface area contributed by atoms with Crippen LogP contribution in [0.4, 0.5) is 0 Å². The zero-order valence-electron chi connectivity index (χ0n) is 13.4. The van der Waals surface area contributed by atoms with Crippen LogP contribution < -0.4 is 0 Å². The lowest BCUT2D eigenvalue weighted by Crippen LogP contribution is -2.51. The lowest BCUT2D eigenvalue weighted by Gasteiger charge is -2.30. The van der Waals surface area contributed by atoms with Crippen LogP contribution in [0.15, 0.2) is 0 Å². The SMILES string of the molecule is CN(C)CCN(C(=O)C(=O)N(C)CCO)C1CCS(=O)(=O)C1. The van der Waals surface area contributed by atoms with E-state index < -0.39 is 27.7 Å². The third kappa shape index (κ3) is 5.22. The molecule has 1 unspecified atom stereocenters. The number of hydrogen-bond donors (Lipinski definition) is 1. The molecule has 1 N–H and O–H groups in total. The number of carbonyl (C=O) groups excluding carboxylic acids is 2. The summed E-state index contributed by atoms with van der Waals surface area (Å²) in [6, 6.07) is -0.455. The lowest BCUT2D eigenvalue weighted by atomic mass is 10.2. The maximum absolute atomic E-state index is 12.4. The summed E-state index contributed by atoms with van der Waals surface area (Å²) in [7, 11) is 1.98. The largest absolute Gasteiger partial charge is 0.395 e. The van der Waals surface area contributed by atoms with E-state index in [1.807, 2.05) is 19.0 Å². The molecule has 8 nitrogen and oxygen atoms in total. The van der Waals surface area contributed by atoms with Crippen molar-refractivity contribution in [2.75, 3.05) is 58.9 Å². The summed E-state index contributed by atoms with van der Waals surface area (Å²) in [6.45, 7) is 0.671. The zero-order chi connectivity index (χ0) is 16.9. The van der Waals surface area contributed by atoms with Gasteiger partial charge in [0.1, 0.15) is 0 Å². The molecule has 0 aromatic heterocycles. The molecule has 1 aliphatic rings. The molecule has 0 aromatic carbocycles. The first-order valence-electron chi connectivity index (χ1n) is 7.20. The molecule has 1 fully saturated rings. The number of aliphatic hydroxyl groups is 1. The van der Waals surface area contributed by atoms with E-state index in [2.05, 4.69) is 0 Å². The van der Waals surface area contributed by atoms with Crippen molar-refractivity contribution in [3.8, 4) is 0 Å². The molecule has 9 heteroatoms. The summed E-state index contributed by atoms with van der Waals surface area (Å²) in [6.07, 6.45) is 0.360. The number of rotatable bonds is 6. The van der Waals surface area contributed by atoms with Crippen LogP contribution in [0.1, 0.15) is 6.42 Å². The second-order valence-corrected chi connectivity index (χ2v) is 8.04. The Morgan fingerprint density at radius 2 is 1.73 bits per heavy atom. The quantitative estimate of drug-likeness (QED) is 0.565. The molecule has 1 saturated heterocycles. The van der Waals surface area contributed by atoms with Gasteiger partial charge in [0.2, 0.25) is 0 Å². The van der Waals surface area contributed by atoms with Gasteiger partial charge in [0.25, 0.3) is 0 Å². The van der Waals surface area contributed by atoms with Crippen LogP contribution >= 0.6 is 0 Å². The first-order chi connectivity index (χ1) is 10.2. The summed E-state index contributed by atoms with van der Waals surface area (Å²) in [5.41, 5.74) is 0. The molecular formula is C13H25N3O5S. The highest BCUT2D eigenvalue weighted by atomic mass is 32.2. The van der Waals surface area contributed by atoms with Crippen LogP contribution in [-0.2, 0) is 19.4 Å². The van der Waals surface area contributed by atoms with E-state index in [9.17, 15) is 18.0 Å². The predicted octanol–water partition coefficient (Wildman–Crippen LogP) is -1.99. The van der Waals surface area contributed by atoms with E-state index in [4.69, 9.17) is 5.11 Å². The fourth-order valence-electron chi connectivity index (χ4n) is 2.32. The van der Waals surface area contributed by atoms with Gasteiger partial charge >= 0.3 is 11.8 Å².